The van der Waals surface area contributed by atoms with Gasteiger partial charge >= 0.3 is 0 Å². The third-order valence-electron chi connectivity index (χ3n) is 2.90. The van der Waals surface area contributed by atoms with E-state index < -0.39 is 0 Å². The highest BCUT2D eigenvalue weighted by Gasteiger charge is 2.17. The third kappa shape index (κ3) is 7.11. The number of ether oxygens (including phenoxy) is 3. The monoisotopic (exact) mass is 315 g/mol. The van der Waals surface area contributed by atoms with E-state index in [1.165, 1.54) is 0 Å². The molecule has 1 aromatic rings. The van der Waals surface area contributed by atoms with E-state index in [1.54, 1.807) is 7.11 Å². The molecule has 0 spiro atoms. The lowest BCUT2D eigenvalue weighted by Gasteiger charge is -2.19. The molecule has 5 heteroatoms. The van der Waals surface area contributed by atoms with Crippen molar-refractivity contribution in [3.8, 4) is 5.88 Å². The molecule has 0 amide bonds. The number of hydrogen-bond acceptors (Lipinski definition) is 4. The Morgan fingerprint density at radius 2 is 1.86 bits per heavy atom. The van der Waals surface area contributed by atoms with Gasteiger partial charge in [0.2, 0.25) is 5.88 Å². The third-order valence-corrected chi connectivity index (χ3v) is 3.21. The van der Waals surface area contributed by atoms with Gasteiger partial charge in [-0.25, -0.2) is 4.98 Å². The Hall–Kier alpha value is -0.840. The zero-order valence-electron chi connectivity index (χ0n) is 13.4. The second kappa shape index (κ2) is 9.23. The summed E-state index contributed by atoms with van der Waals surface area (Å²) in [5.74, 6) is 1.06. The van der Waals surface area contributed by atoms with Gasteiger partial charge < -0.3 is 14.2 Å². The molecular weight excluding hydrogens is 290 g/mol. The van der Waals surface area contributed by atoms with E-state index >= 15 is 0 Å². The van der Waals surface area contributed by atoms with E-state index in [2.05, 4.69) is 25.8 Å². The van der Waals surface area contributed by atoms with Gasteiger partial charge in [-0.2, -0.15) is 0 Å². The summed E-state index contributed by atoms with van der Waals surface area (Å²) in [5.41, 5.74) is 1.97. The maximum absolute atomic E-state index is 5.93. The molecule has 0 saturated heterocycles. The molecule has 1 aromatic heterocycles. The molecule has 0 radical (unpaired) electrons. The molecular formula is C16H26ClNO3. The number of aromatic nitrogens is 1. The normalized spacial score (nSPS) is 11.7. The van der Waals surface area contributed by atoms with Crippen LogP contribution < -0.4 is 4.74 Å². The van der Waals surface area contributed by atoms with Crippen molar-refractivity contribution in [3.05, 3.63) is 23.4 Å². The average molecular weight is 316 g/mol. The van der Waals surface area contributed by atoms with Gasteiger partial charge in [0.25, 0.3) is 0 Å². The molecule has 0 aliphatic carbocycles. The molecule has 0 saturated carbocycles. The van der Waals surface area contributed by atoms with Crippen molar-refractivity contribution in [2.45, 2.75) is 38.5 Å². The molecule has 0 aliphatic rings. The zero-order chi connectivity index (χ0) is 15.7. The van der Waals surface area contributed by atoms with E-state index in [1.807, 2.05) is 12.1 Å². The van der Waals surface area contributed by atoms with E-state index in [-0.39, 0.29) is 5.41 Å². The molecule has 1 heterocycles. The topological polar surface area (TPSA) is 40.6 Å². The van der Waals surface area contributed by atoms with Crippen LogP contribution in [-0.2, 0) is 20.8 Å². The predicted molar refractivity (Wildman–Crippen MR) is 85.3 cm³/mol. The van der Waals surface area contributed by atoms with Crippen LogP contribution in [-0.4, -0.2) is 38.5 Å². The molecule has 120 valence electrons. The lowest BCUT2D eigenvalue weighted by atomic mass is 9.91. The number of methoxy groups -OCH3 is 1. The standard InChI is InChI=1S/C16H26ClNO3/c1-16(2,3)14-10-13(12-17)11-15(18-14)21-9-8-20-7-5-6-19-4/h10-11H,5-9,12H2,1-4H3. The Labute approximate surface area is 132 Å². The number of hydrogen-bond donors (Lipinski definition) is 0. The minimum Gasteiger partial charge on any atom is -0.475 e. The van der Waals surface area contributed by atoms with Gasteiger partial charge in [0.05, 0.1) is 12.3 Å². The fourth-order valence-corrected chi connectivity index (χ4v) is 1.86. The number of pyridine rings is 1. The number of nitrogens with zero attached hydrogens (tertiary/aromatic N) is 1. The zero-order valence-corrected chi connectivity index (χ0v) is 14.2. The Balaban J connectivity index is 2.47. The summed E-state index contributed by atoms with van der Waals surface area (Å²) in [6.45, 7) is 8.79. The number of alkyl halides is 1. The van der Waals surface area contributed by atoms with Gasteiger partial charge in [0.1, 0.15) is 6.61 Å². The van der Waals surface area contributed by atoms with Gasteiger partial charge in [-0.05, 0) is 18.1 Å². The van der Waals surface area contributed by atoms with Crippen molar-refractivity contribution in [3.63, 3.8) is 0 Å². The van der Waals surface area contributed by atoms with E-state index in [0.717, 1.165) is 24.3 Å². The first-order valence-corrected chi connectivity index (χ1v) is 7.77. The Bertz CT molecular complexity index is 418. The number of halogens is 1. The summed E-state index contributed by atoms with van der Waals surface area (Å²) in [6.07, 6.45) is 0.894. The molecule has 0 bridgehead atoms. The van der Waals surface area contributed by atoms with Crippen molar-refractivity contribution in [1.29, 1.82) is 0 Å². The fourth-order valence-electron chi connectivity index (χ4n) is 1.71. The molecule has 0 aromatic carbocycles. The lowest BCUT2D eigenvalue weighted by molar-refractivity contribution is 0.0794. The molecule has 0 atom stereocenters. The predicted octanol–water partition coefficient (Wildman–Crippen LogP) is 3.55. The minimum absolute atomic E-state index is 0.0309. The van der Waals surface area contributed by atoms with Crippen LogP contribution in [0.15, 0.2) is 12.1 Å². The highest BCUT2D eigenvalue weighted by atomic mass is 35.5. The Morgan fingerprint density at radius 3 is 2.48 bits per heavy atom. The molecule has 0 fully saturated rings. The van der Waals surface area contributed by atoms with Crippen LogP contribution in [0.3, 0.4) is 0 Å². The van der Waals surface area contributed by atoms with Crippen molar-refractivity contribution < 1.29 is 14.2 Å². The molecule has 0 aliphatic heterocycles. The molecule has 1 rings (SSSR count). The highest BCUT2D eigenvalue weighted by molar-refractivity contribution is 6.17. The molecule has 0 unspecified atom stereocenters. The molecule has 4 nitrogen and oxygen atoms in total. The van der Waals surface area contributed by atoms with E-state index in [9.17, 15) is 0 Å². The first-order chi connectivity index (χ1) is 9.97. The quantitative estimate of drug-likeness (QED) is 0.516. The fraction of sp³-hybridized carbons (Fsp3) is 0.688. The van der Waals surface area contributed by atoms with Crippen LogP contribution in [0.25, 0.3) is 0 Å². The lowest BCUT2D eigenvalue weighted by Crippen LogP contribution is -2.15. The SMILES string of the molecule is COCCCOCCOc1cc(CCl)cc(C(C)(C)C)n1. The summed E-state index contributed by atoms with van der Waals surface area (Å²) in [6, 6.07) is 3.91. The van der Waals surface area contributed by atoms with Gasteiger partial charge in [0.15, 0.2) is 0 Å². The first-order valence-electron chi connectivity index (χ1n) is 7.24. The smallest absolute Gasteiger partial charge is 0.213 e. The Morgan fingerprint density at radius 1 is 1.10 bits per heavy atom. The summed E-state index contributed by atoms with van der Waals surface area (Å²) in [5, 5.41) is 0. The van der Waals surface area contributed by atoms with Crippen molar-refractivity contribution >= 4 is 11.6 Å². The van der Waals surface area contributed by atoms with Crippen LogP contribution in [0.5, 0.6) is 5.88 Å². The summed E-state index contributed by atoms with van der Waals surface area (Å²) in [4.78, 5) is 4.54. The Kier molecular flexibility index (Phi) is 8.01. The summed E-state index contributed by atoms with van der Waals surface area (Å²) in [7, 11) is 1.69. The van der Waals surface area contributed by atoms with E-state index in [4.69, 9.17) is 25.8 Å². The maximum Gasteiger partial charge on any atom is 0.213 e. The second-order valence-electron chi connectivity index (χ2n) is 5.89. The van der Waals surface area contributed by atoms with Gasteiger partial charge in [0, 0.05) is 37.7 Å². The van der Waals surface area contributed by atoms with E-state index in [0.29, 0.717) is 31.6 Å². The van der Waals surface area contributed by atoms with Crippen molar-refractivity contribution in [1.82, 2.24) is 4.98 Å². The van der Waals surface area contributed by atoms with Crippen molar-refractivity contribution in [2.75, 3.05) is 33.5 Å². The molecule has 21 heavy (non-hydrogen) atoms. The minimum atomic E-state index is -0.0309. The van der Waals surface area contributed by atoms with Gasteiger partial charge in [-0.15, -0.1) is 11.6 Å². The second-order valence-corrected chi connectivity index (χ2v) is 6.16. The van der Waals surface area contributed by atoms with Crippen LogP contribution in [0.2, 0.25) is 0 Å². The largest absolute Gasteiger partial charge is 0.475 e. The van der Waals surface area contributed by atoms with Crippen LogP contribution in [0.1, 0.15) is 38.4 Å². The maximum atomic E-state index is 5.93. The average Bonchev–Trinajstić information content (AvgIpc) is 2.45. The summed E-state index contributed by atoms with van der Waals surface area (Å²) < 4.78 is 16.1. The van der Waals surface area contributed by atoms with Crippen LogP contribution >= 0.6 is 11.6 Å². The highest BCUT2D eigenvalue weighted by Crippen LogP contribution is 2.24. The summed E-state index contributed by atoms with van der Waals surface area (Å²) >= 11 is 5.93. The van der Waals surface area contributed by atoms with Gasteiger partial charge in [-0.1, -0.05) is 20.8 Å². The van der Waals surface area contributed by atoms with Crippen molar-refractivity contribution in [2.24, 2.45) is 0 Å². The van der Waals surface area contributed by atoms with Crippen LogP contribution in [0.4, 0.5) is 0 Å². The molecule has 0 N–H and O–H groups in total. The number of rotatable bonds is 9. The first kappa shape index (κ1) is 18.2. The van der Waals surface area contributed by atoms with Gasteiger partial charge in [-0.3, -0.25) is 0 Å². The van der Waals surface area contributed by atoms with Crippen LogP contribution in [0, 0.1) is 0 Å².